The number of nitrogens with zero attached hydrogens (tertiary/aromatic N) is 5. The second-order valence-corrected chi connectivity index (χ2v) is 7.98. The van der Waals surface area contributed by atoms with Gasteiger partial charge in [0, 0.05) is 31.2 Å². The standard InChI is InChI=1S/C23H24FN5O2.2ClH/c24-23(9-12-28(13-10-23)14-15-30)16-31-19-5-3-4-17-7-8-18(25-21(17)19)22-27-26-20-6-1-2-11-29(20)22;;/h1-8,11,30H,9-10,12-16H2;2*1H. The van der Waals surface area contributed by atoms with Crippen LogP contribution in [0.5, 0.6) is 5.75 Å². The molecule has 33 heavy (non-hydrogen) atoms. The molecule has 0 atom stereocenters. The molecule has 1 fully saturated rings. The number of rotatable bonds is 6. The molecule has 1 saturated heterocycles. The maximum absolute atomic E-state index is 15.3. The van der Waals surface area contributed by atoms with E-state index in [1.165, 1.54) is 0 Å². The van der Waals surface area contributed by atoms with E-state index in [1.807, 2.05) is 59.1 Å². The molecular weight excluding hydrogens is 468 g/mol. The van der Waals surface area contributed by atoms with Crippen LogP contribution in [0.3, 0.4) is 0 Å². The number of para-hydroxylation sites is 1. The summed E-state index contributed by atoms with van der Waals surface area (Å²) in [7, 11) is 0. The van der Waals surface area contributed by atoms with Gasteiger partial charge < -0.3 is 14.7 Å². The summed E-state index contributed by atoms with van der Waals surface area (Å²) < 4.78 is 23.1. The lowest BCUT2D eigenvalue weighted by Gasteiger charge is -2.35. The lowest BCUT2D eigenvalue weighted by molar-refractivity contribution is 0.0138. The second kappa shape index (κ2) is 10.6. The first-order chi connectivity index (χ1) is 15.1. The first-order valence-corrected chi connectivity index (χ1v) is 10.5. The Morgan fingerprint density at radius 2 is 1.82 bits per heavy atom. The maximum Gasteiger partial charge on any atom is 0.187 e. The van der Waals surface area contributed by atoms with E-state index in [0.717, 1.165) is 11.0 Å². The van der Waals surface area contributed by atoms with Crippen LogP contribution in [0.25, 0.3) is 28.1 Å². The van der Waals surface area contributed by atoms with E-state index in [4.69, 9.17) is 14.8 Å². The summed E-state index contributed by atoms with van der Waals surface area (Å²) in [6.07, 6.45) is 2.68. The highest BCUT2D eigenvalue weighted by Gasteiger charge is 2.35. The number of hydrogen-bond donors (Lipinski definition) is 1. The summed E-state index contributed by atoms with van der Waals surface area (Å²) in [5.74, 6) is 1.20. The lowest BCUT2D eigenvalue weighted by atomic mass is 9.94. The number of pyridine rings is 2. The van der Waals surface area contributed by atoms with Crippen molar-refractivity contribution in [3.05, 3.63) is 54.7 Å². The topological polar surface area (TPSA) is 75.8 Å². The molecule has 4 aromatic rings. The number of piperidine rings is 1. The van der Waals surface area contributed by atoms with Crippen LogP contribution >= 0.6 is 24.8 Å². The molecule has 1 aliphatic heterocycles. The van der Waals surface area contributed by atoms with Crippen LogP contribution in [-0.4, -0.2) is 68.1 Å². The zero-order chi connectivity index (χ0) is 21.3. The molecule has 0 saturated carbocycles. The smallest absolute Gasteiger partial charge is 0.187 e. The van der Waals surface area contributed by atoms with Gasteiger partial charge in [-0.1, -0.05) is 24.3 Å². The third-order valence-corrected chi connectivity index (χ3v) is 5.88. The van der Waals surface area contributed by atoms with Crippen molar-refractivity contribution >= 4 is 41.4 Å². The molecule has 10 heteroatoms. The monoisotopic (exact) mass is 493 g/mol. The Balaban J connectivity index is 0.00000153. The van der Waals surface area contributed by atoms with Gasteiger partial charge in [-0.25, -0.2) is 9.37 Å². The Morgan fingerprint density at radius 3 is 2.61 bits per heavy atom. The molecule has 1 aromatic carbocycles. The minimum Gasteiger partial charge on any atom is -0.488 e. The summed E-state index contributed by atoms with van der Waals surface area (Å²) in [4.78, 5) is 6.86. The van der Waals surface area contributed by atoms with Gasteiger partial charge in [0.05, 0.1) is 6.61 Å². The molecule has 0 radical (unpaired) electrons. The Bertz CT molecular complexity index is 1210. The van der Waals surface area contributed by atoms with E-state index < -0.39 is 5.67 Å². The zero-order valence-electron chi connectivity index (χ0n) is 17.9. The van der Waals surface area contributed by atoms with Crippen LogP contribution in [0.15, 0.2) is 54.7 Å². The molecule has 0 spiro atoms. The van der Waals surface area contributed by atoms with Gasteiger partial charge in [0.15, 0.2) is 11.5 Å². The SMILES string of the molecule is Cl.Cl.OCCN1CCC(F)(COc2cccc3ccc(-c4nnc5ccccn45)nc23)CC1. The summed E-state index contributed by atoms with van der Waals surface area (Å²) >= 11 is 0. The zero-order valence-corrected chi connectivity index (χ0v) is 19.6. The molecule has 5 rings (SSSR count). The number of β-amino-alcohol motifs (C(OH)–C–C–N with tert-alkyl or cyclic N) is 1. The number of likely N-dealkylation sites (tertiary alicyclic amines) is 1. The van der Waals surface area contributed by atoms with E-state index in [2.05, 4.69) is 15.1 Å². The van der Waals surface area contributed by atoms with Crippen molar-refractivity contribution in [1.29, 1.82) is 0 Å². The van der Waals surface area contributed by atoms with E-state index in [0.29, 0.717) is 55.3 Å². The Kier molecular flexibility index (Phi) is 8.07. The van der Waals surface area contributed by atoms with Crippen molar-refractivity contribution < 1.29 is 14.2 Å². The number of halogens is 3. The quantitative estimate of drug-likeness (QED) is 0.438. The fourth-order valence-corrected chi connectivity index (χ4v) is 4.05. The predicted octanol–water partition coefficient (Wildman–Crippen LogP) is 3.96. The Labute approximate surface area is 203 Å². The second-order valence-electron chi connectivity index (χ2n) is 7.98. The number of aromatic nitrogens is 4. The lowest BCUT2D eigenvalue weighted by Crippen LogP contribution is -2.45. The van der Waals surface area contributed by atoms with Crippen molar-refractivity contribution in [2.75, 3.05) is 32.8 Å². The molecule has 3 aromatic heterocycles. The predicted molar refractivity (Wildman–Crippen MR) is 130 cm³/mol. The Morgan fingerprint density at radius 1 is 1.00 bits per heavy atom. The summed E-state index contributed by atoms with van der Waals surface area (Å²) in [5, 5.41) is 18.5. The van der Waals surface area contributed by atoms with Crippen molar-refractivity contribution in [2.24, 2.45) is 0 Å². The Hall–Kier alpha value is -2.52. The summed E-state index contributed by atoms with van der Waals surface area (Å²) in [5.41, 5.74) is 0.717. The summed E-state index contributed by atoms with van der Waals surface area (Å²) in [6.45, 7) is 1.92. The van der Waals surface area contributed by atoms with Gasteiger partial charge in [0.2, 0.25) is 0 Å². The van der Waals surface area contributed by atoms with Gasteiger partial charge in [-0.2, -0.15) is 0 Å². The van der Waals surface area contributed by atoms with Gasteiger partial charge in [0.25, 0.3) is 0 Å². The highest BCUT2D eigenvalue weighted by atomic mass is 35.5. The summed E-state index contributed by atoms with van der Waals surface area (Å²) in [6, 6.07) is 15.3. The third-order valence-electron chi connectivity index (χ3n) is 5.88. The van der Waals surface area contributed by atoms with Crippen LogP contribution < -0.4 is 4.74 Å². The largest absolute Gasteiger partial charge is 0.488 e. The number of alkyl halides is 1. The molecule has 0 bridgehead atoms. The van der Waals surface area contributed by atoms with Gasteiger partial charge in [0.1, 0.15) is 29.2 Å². The molecule has 0 amide bonds. The number of ether oxygens (including phenoxy) is 1. The first-order valence-electron chi connectivity index (χ1n) is 10.5. The highest BCUT2D eigenvalue weighted by Crippen LogP contribution is 2.31. The molecule has 4 heterocycles. The number of benzene rings is 1. The van der Waals surface area contributed by atoms with Gasteiger partial charge in [-0.3, -0.25) is 4.40 Å². The van der Waals surface area contributed by atoms with E-state index in [1.54, 1.807) is 0 Å². The maximum atomic E-state index is 15.3. The van der Waals surface area contributed by atoms with Gasteiger partial charge >= 0.3 is 0 Å². The molecular formula is C23H26Cl2FN5O2. The molecule has 1 N–H and O–H groups in total. The minimum atomic E-state index is -1.38. The van der Waals surface area contributed by atoms with Crippen LogP contribution in [0.1, 0.15) is 12.8 Å². The van der Waals surface area contributed by atoms with Crippen LogP contribution in [-0.2, 0) is 0 Å². The molecule has 0 unspecified atom stereocenters. The van der Waals surface area contributed by atoms with Crippen molar-refractivity contribution in [3.8, 4) is 17.3 Å². The van der Waals surface area contributed by atoms with E-state index in [9.17, 15) is 0 Å². The normalized spacial score (nSPS) is 15.7. The average molecular weight is 494 g/mol. The first kappa shape index (κ1) is 25.1. The molecule has 1 aliphatic rings. The van der Waals surface area contributed by atoms with Gasteiger partial charge in [-0.15, -0.1) is 35.0 Å². The molecule has 7 nitrogen and oxygen atoms in total. The van der Waals surface area contributed by atoms with Crippen LogP contribution in [0.2, 0.25) is 0 Å². The fraction of sp³-hybridized carbons (Fsp3) is 0.348. The van der Waals surface area contributed by atoms with Crippen molar-refractivity contribution in [3.63, 3.8) is 0 Å². The van der Waals surface area contributed by atoms with Gasteiger partial charge in [-0.05, 0) is 37.1 Å². The van der Waals surface area contributed by atoms with Crippen LogP contribution in [0, 0.1) is 0 Å². The number of aliphatic hydroxyl groups excluding tert-OH is 1. The van der Waals surface area contributed by atoms with E-state index >= 15 is 4.39 Å². The number of fused-ring (bicyclic) bond motifs is 2. The van der Waals surface area contributed by atoms with E-state index in [-0.39, 0.29) is 38.0 Å². The average Bonchev–Trinajstić information content (AvgIpc) is 3.23. The highest BCUT2D eigenvalue weighted by molar-refractivity contribution is 5.86. The number of hydrogen-bond acceptors (Lipinski definition) is 6. The van der Waals surface area contributed by atoms with Crippen molar-refractivity contribution in [2.45, 2.75) is 18.5 Å². The third kappa shape index (κ3) is 5.19. The van der Waals surface area contributed by atoms with Crippen LogP contribution in [0.4, 0.5) is 4.39 Å². The number of aliphatic hydroxyl groups is 1. The minimum absolute atomic E-state index is 0. The fourth-order valence-electron chi connectivity index (χ4n) is 4.05. The molecule has 0 aliphatic carbocycles. The van der Waals surface area contributed by atoms with Crippen molar-refractivity contribution in [1.82, 2.24) is 24.5 Å². The molecule has 176 valence electrons.